The molecule has 31 heteroatoms. The highest BCUT2D eigenvalue weighted by Gasteiger charge is 2.23. The van der Waals surface area contributed by atoms with Crippen molar-refractivity contribution in [3.05, 3.63) is 284 Å². The van der Waals surface area contributed by atoms with E-state index >= 15 is 0 Å². The van der Waals surface area contributed by atoms with Gasteiger partial charge in [-0.15, -0.1) is 56.7 Å². The van der Waals surface area contributed by atoms with E-state index in [-0.39, 0.29) is 27.8 Å². The highest BCUT2D eigenvalue weighted by Crippen LogP contribution is 2.40. The molecule has 0 radical (unpaired) electrons. The average molecular weight is 1680 g/mol. The number of aryl methyl sites for hydroxylation is 10. The van der Waals surface area contributed by atoms with E-state index in [1.54, 1.807) is 31.4 Å². The molecule has 5 N–H and O–H groups in total. The minimum absolute atomic E-state index is 0.120. The van der Waals surface area contributed by atoms with Crippen LogP contribution in [-0.4, -0.2) is 104 Å². The van der Waals surface area contributed by atoms with Gasteiger partial charge in [-0.2, -0.15) is 0 Å². The fraction of sp³-hybridized carbons (Fsp3) is 0.157. The van der Waals surface area contributed by atoms with Gasteiger partial charge in [0.1, 0.15) is 46.3 Å². The summed E-state index contributed by atoms with van der Waals surface area (Å²) in [6, 6.07) is 40.7. The van der Waals surface area contributed by atoms with Crippen LogP contribution in [0.5, 0.6) is 5.75 Å². The van der Waals surface area contributed by atoms with Gasteiger partial charge in [-0.1, -0.05) is 140 Å². The Kier molecular flexibility index (Phi) is 22.7. The Morgan fingerprint density at radius 2 is 0.742 bits per heavy atom. The Morgan fingerprint density at radius 3 is 1.09 bits per heavy atom. The number of H-pyrrole nitrogens is 5. The fourth-order valence-corrected chi connectivity index (χ4v) is 18.2. The molecule has 120 heavy (non-hydrogen) atoms. The highest BCUT2D eigenvalue weighted by molar-refractivity contribution is 7.20. The lowest BCUT2D eigenvalue weighted by atomic mass is 10.0. The van der Waals surface area contributed by atoms with Gasteiger partial charge in [0.2, 0.25) is 0 Å². The minimum Gasteiger partial charge on any atom is -0.493 e. The number of fused-ring (bicyclic) bond motifs is 5. The number of benzene rings is 5. The second kappa shape index (κ2) is 34.0. The standard InChI is InChI=1S/C20H20N4O2S.C18H16N4OS.3C17H14N4OS/c1-12(2)9-26-14-6-4-13(5-7-14)15-10-27-18-17(15)22-19(23-20(18)25)16-8-24(3)11-21-16;1-10-6-4-5-7-12(10)13-11(2)24-15-14(13)20-16(21-18(15)23)17-19-8-9-22(17)3;2*1-10-4-3-5-11(6-10)12-8-23-15-14(12)19-16(20-17(15)22)13-7-21(2)9-18-13;1-10-4-3-5-11(8-10)12-9-23-14-13(12)19-15(20-17(14)22)16-18-6-7-21(16)2/h4-8,10-12H,9H2,1-3H3,(H,22,23,25);4-9H,1-3H3,(H,20,21,23);3*3-9H,1-2H3,(H,19,20,22). The monoisotopic (exact) mass is 1680 g/mol. The first-order valence-electron chi connectivity index (χ1n) is 37.9. The van der Waals surface area contributed by atoms with Crippen molar-refractivity contribution in [2.24, 2.45) is 41.2 Å². The van der Waals surface area contributed by atoms with Gasteiger partial charge in [-0.25, -0.2) is 49.8 Å². The van der Waals surface area contributed by atoms with E-state index in [2.05, 4.69) is 160 Å². The SMILES string of the molecule is CC(C)COc1ccc(-c2csc3c(=O)[nH]c(-c4cn(C)cn4)nc23)cc1.Cc1cccc(-c2csc3c(=O)[nH]c(-c4cn(C)cn4)nc23)c1.Cc1cccc(-c2csc3c(=O)[nH]c(-c4cn(C)cn4)nc23)c1.Cc1cccc(-c2csc3c(=O)[nH]c(-c4nccn4C)nc23)c1.Cc1ccccc1-c1c(C)sc2c(=O)[nH]c(-c3nccn3C)nc12. The molecule has 20 rings (SSSR count). The maximum Gasteiger partial charge on any atom is 0.269 e. The third kappa shape index (κ3) is 16.8. The van der Waals surface area contributed by atoms with E-state index < -0.39 is 0 Å². The number of hydrogen-bond donors (Lipinski definition) is 5. The molecule has 0 aliphatic carbocycles. The molecule has 0 spiro atoms. The summed E-state index contributed by atoms with van der Waals surface area (Å²) < 4.78 is 18.1. The van der Waals surface area contributed by atoms with Crippen molar-refractivity contribution < 1.29 is 4.74 Å². The lowest BCUT2D eigenvalue weighted by Gasteiger charge is -2.09. The molecule has 15 heterocycles. The summed E-state index contributed by atoms with van der Waals surface area (Å²) in [5.74, 6) is 5.06. The Morgan fingerprint density at radius 1 is 0.383 bits per heavy atom. The molecule has 0 unspecified atom stereocenters. The first-order valence-corrected chi connectivity index (χ1v) is 42.3. The van der Waals surface area contributed by atoms with Crippen LogP contribution in [0.2, 0.25) is 0 Å². The van der Waals surface area contributed by atoms with E-state index in [4.69, 9.17) is 9.72 Å². The van der Waals surface area contributed by atoms with Crippen molar-refractivity contribution in [2.75, 3.05) is 6.61 Å². The lowest BCUT2D eigenvalue weighted by molar-refractivity contribution is 0.271. The second-order valence-electron chi connectivity index (χ2n) is 29.2. The van der Waals surface area contributed by atoms with Crippen molar-refractivity contribution in [1.29, 1.82) is 0 Å². The quantitative estimate of drug-likeness (QED) is 0.0716. The van der Waals surface area contributed by atoms with Crippen LogP contribution in [0.1, 0.15) is 41.0 Å². The summed E-state index contributed by atoms with van der Waals surface area (Å²) in [7, 11) is 9.41. The molecule has 26 nitrogen and oxygen atoms in total. The predicted octanol–water partition coefficient (Wildman–Crippen LogP) is 17.8. The Balaban J connectivity index is 0.000000112. The topological polar surface area (TPSA) is 327 Å². The third-order valence-corrected chi connectivity index (χ3v) is 24.5. The number of imidazole rings is 5. The van der Waals surface area contributed by atoms with Gasteiger partial charge < -0.3 is 52.5 Å². The zero-order chi connectivity index (χ0) is 83.7. The van der Waals surface area contributed by atoms with E-state index in [0.29, 0.717) is 99.4 Å². The summed E-state index contributed by atoms with van der Waals surface area (Å²) in [5, 5.41) is 7.94. The van der Waals surface area contributed by atoms with Crippen LogP contribution in [0.25, 0.3) is 165 Å². The number of thiophene rings is 5. The molecule has 5 aromatic carbocycles. The Hall–Kier alpha value is -13.9. The molecule has 0 amide bonds. The Bertz CT molecular complexity index is 7360. The van der Waals surface area contributed by atoms with Crippen LogP contribution in [0.4, 0.5) is 0 Å². The molecule has 0 bridgehead atoms. The van der Waals surface area contributed by atoms with E-state index in [9.17, 15) is 24.0 Å². The Labute approximate surface area is 704 Å². The normalized spacial score (nSPS) is 11.3. The number of aromatic amines is 5. The summed E-state index contributed by atoms with van der Waals surface area (Å²) >= 11 is 7.14. The van der Waals surface area contributed by atoms with Crippen molar-refractivity contribution in [3.8, 4) is 119 Å². The molecule has 0 fully saturated rings. The first-order chi connectivity index (χ1) is 57.9. The highest BCUT2D eigenvalue weighted by atomic mass is 32.1. The smallest absolute Gasteiger partial charge is 0.269 e. The van der Waals surface area contributed by atoms with Gasteiger partial charge in [0.25, 0.3) is 27.8 Å². The van der Waals surface area contributed by atoms with Crippen LogP contribution in [0.3, 0.4) is 0 Å². The molecular formula is C89H78N20O6S5. The molecule has 600 valence electrons. The maximum atomic E-state index is 12.6. The van der Waals surface area contributed by atoms with Crippen LogP contribution >= 0.6 is 56.7 Å². The van der Waals surface area contributed by atoms with E-state index in [0.717, 1.165) is 88.3 Å². The van der Waals surface area contributed by atoms with Gasteiger partial charge in [0, 0.05) is 133 Å². The molecule has 15 aromatic heterocycles. The number of rotatable bonds is 13. The third-order valence-electron chi connectivity index (χ3n) is 19.5. The molecular weight excluding hydrogens is 1610 g/mol. The lowest BCUT2D eigenvalue weighted by Crippen LogP contribution is -2.09. The summed E-state index contributed by atoms with van der Waals surface area (Å²) in [6.07, 6.45) is 17.6. The number of nitrogens with one attached hydrogen (secondary N) is 5. The van der Waals surface area contributed by atoms with Crippen LogP contribution in [0.15, 0.2) is 229 Å². The van der Waals surface area contributed by atoms with Gasteiger partial charge in [0.15, 0.2) is 40.8 Å². The summed E-state index contributed by atoms with van der Waals surface area (Å²) in [4.78, 5) is 122. The largest absolute Gasteiger partial charge is 0.493 e. The molecule has 0 aliphatic heterocycles. The fourth-order valence-electron chi connectivity index (χ4n) is 13.6. The second-order valence-corrected chi connectivity index (χ2v) is 34.0. The minimum atomic E-state index is -0.145. The van der Waals surface area contributed by atoms with Gasteiger partial charge in [-0.05, 0) is 86.1 Å². The maximum absolute atomic E-state index is 12.6. The predicted molar refractivity (Wildman–Crippen MR) is 483 cm³/mol. The number of ether oxygens (including phenoxy) is 1. The van der Waals surface area contributed by atoms with Crippen molar-refractivity contribution in [2.45, 2.75) is 48.5 Å². The number of nitrogens with zero attached hydrogens (tertiary/aromatic N) is 15. The summed E-state index contributed by atoms with van der Waals surface area (Å²) in [5.41, 5.74) is 19.9. The molecule has 0 saturated carbocycles. The van der Waals surface area contributed by atoms with Crippen molar-refractivity contribution in [3.63, 3.8) is 0 Å². The molecule has 0 saturated heterocycles. The van der Waals surface area contributed by atoms with Crippen molar-refractivity contribution >= 4 is 108 Å². The average Bonchev–Trinajstić information content (AvgIpc) is 1.62. The molecule has 20 aromatic rings. The van der Waals surface area contributed by atoms with E-state index in [1.807, 2.05) is 190 Å². The van der Waals surface area contributed by atoms with Gasteiger partial charge in [0.05, 0.1) is 53.2 Å². The zero-order valence-corrected chi connectivity index (χ0v) is 71.2. The zero-order valence-electron chi connectivity index (χ0n) is 67.1. The molecule has 0 atom stereocenters. The van der Waals surface area contributed by atoms with Crippen molar-refractivity contribution in [1.82, 2.24) is 97.6 Å². The van der Waals surface area contributed by atoms with E-state index in [1.165, 1.54) is 78.9 Å². The van der Waals surface area contributed by atoms with Crippen LogP contribution in [0, 0.1) is 40.5 Å². The first kappa shape index (κ1) is 80.0. The van der Waals surface area contributed by atoms with Crippen LogP contribution in [-0.2, 0) is 35.2 Å². The molecule has 0 aliphatic rings. The van der Waals surface area contributed by atoms with Crippen LogP contribution < -0.4 is 32.5 Å². The number of hydrogen-bond acceptors (Lipinski definition) is 21. The van der Waals surface area contributed by atoms with Gasteiger partial charge >= 0.3 is 0 Å². The number of aromatic nitrogens is 20. The van der Waals surface area contributed by atoms with Gasteiger partial charge in [-0.3, -0.25) is 24.0 Å². The summed E-state index contributed by atoms with van der Waals surface area (Å²) in [6.45, 7) is 15.2.